The molecule has 0 atom stereocenters. The fourth-order valence-electron chi connectivity index (χ4n) is 10.1. The van der Waals surface area contributed by atoms with Gasteiger partial charge in [0.05, 0.1) is 0 Å². The first-order valence-electron chi connectivity index (χ1n) is 19.6. The highest BCUT2D eigenvalue weighted by molar-refractivity contribution is 6.24. The third kappa shape index (κ3) is 4.26. The van der Waals surface area contributed by atoms with Gasteiger partial charge in [-0.2, -0.15) is 0 Å². The number of hydrogen-bond acceptors (Lipinski definition) is 1. The van der Waals surface area contributed by atoms with Crippen LogP contribution in [-0.4, -0.2) is 0 Å². The predicted molar refractivity (Wildman–Crippen MR) is 238 cm³/mol. The summed E-state index contributed by atoms with van der Waals surface area (Å²) in [6.45, 7) is 4.71. The zero-order valence-electron chi connectivity index (χ0n) is 31.2. The molecule has 0 radical (unpaired) electrons. The minimum Gasteiger partial charge on any atom is -0.455 e. The van der Waals surface area contributed by atoms with Crippen LogP contribution in [0.4, 0.5) is 0 Å². The molecule has 0 fully saturated rings. The van der Waals surface area contributed by atoms with Gasteiger partial charge < -0.3 is 4.42 Å². The van der Waals surface area contributed by atoms with Gasteiger partial charge >= 0.3 is 0 Å². The molecule has 11 aromatic rings. The lowest BCUT2D eigenvalue weighted by atomic mass is 9.80. The van der Waals surface area contributed by atoms with E-state index >= 15 is 0 Å². The van der Waals surface area contributed by atoms with Gasteiger partial charge in [0.25, 0.3) is 0 Å². The van der Waals surface area contributed by atoms with E-state index in [0.29, 0.717) is 0 Å². The highest BCUT2D eigenvalue weighted by Gasteiger charge is 2.39. The van der Waals surface area contributed by atoms with E-state index in [-0.39, 0.29) is 5.41 Å². The Morgan fingerprint density at radius 2 is 0.875 bits per heavy atom. The fourth-order valence-corrected chi connectivity index (χ4v) is 10.1. The average molecular weight is 713 g/mol. The van der Waals surface area contributed by atoms with Crippen molar-refractivity contribution < 1.29 is 4.42 Å². The van der Waals surface area contributed by atoms with Gasteiger partial charge in [0.15, 0.2) is 0 Å². The van der Waals surface area contributed by atoms with Crippen molar-refractivity contribution in [3.63, 3.8) is 0 Å². The zero-order valence-corrected chi connectivity index (χ0v) is 31.2. The SMILES string of the molecule is CC1(C)c2ccc(-c3c4ccccc4c(-c4ccc(-c5ccccc5)c5ccccc45)c4ccccc34)cc2-c2ccc3c(oc4c5ccccc5ccc34)c21. The molecule has 1 aliphatic rings. The van der Waals surface area contributed by atoms with Gasteiger partial charge in [0.1, 0.15) is 11.2 Å². The summed E-state index contributed by atoms with van der Waals surface area (Å²) in [6.07, 6.45) is 0. The van der Waals surface area contributed by atoms with Gasteiger partial charge in [0.2, 0.25) is 0 Å². The molecule has 0 spiro atoms. The van der Waals surface area contributed by atoms with Crippen molar-refractivity contribution >= 4 is 65.0 Å². The van der Waals surface area contributed by atoms with E-state index < -0.39 is 0 Å². The molecular weight excluding hydrogens is 677 g/mol. The van der Waals surface area contributed by atoms with Crippen LogP contribution in [0, 0.1) is 0 Å². The Morgan fingerprint density at radius 1 is 0.339 bits per heavy atom. The molecule has 0 unspecified atom stereocenters. The fraction of sp³-hybridized carbons (Fsp3) is 0.0545. The van der Waals surface area contributed by atoms with Gasteiger partial charge in [-0.1, -0.05) is 178 Å². The predicted octanol–water partition coefficient (Wildman–Crippen LogP) is 15.5. The summed E-state index contributed by atoms with van der Waals surface area (Å²) in [5, 5.41) is 12.3. The Kier molecular flexibility index (Phi) is 6.46. The van der Waals surface area contributed by atoms with Crippen molar-refractivity contribution in [2.45, 2.75) is 19.3 Å². The first-order chi connectivity index (χ1) is 27.6. The Bertz CT molecular complexity index is 3380. The van der Waals surface area contributed by atoms with E-state index in [4.69, 9.17) is 4.42 Å². The van der Waals surface area contributed by atoms with Crippen LogP contribution in [0.15, 0.2) is 186 Å². The van der Waals surface area contributed by atoms with Gasteiger partial charge in [0, 0.05) is 27.1 Å². The molecule has 0 N–H and O–H groups in total. The third-order valence-corrected chi connectivity index (χ3v) is 12.6. The molecule has 1 heteroatoms. The van der Waals surface area contributed by atoms with E-state index in [1.807, 2.05) is 0 Å². The first kappa shape index (κ1) is 31.4. The molecule has 0 saturated carbocycles. The van der Waals surface area contributed by atoms with Crippen LogP contribution in [0.25, 0.3) is 110 Å². The molecule has 262 valence electrons. The summed E-state index contributed by atoms with van der Waals surface area (Å²) in [4.78, 5) is 0. The molecule has 56 heavy (non-hydrogen) atoms. The molecule has 0 aliphatic heterocycles. The van der Waals surface area contributed by atoms with Crippen LogP contribution in [0.2, 0.25) is 0 Å². The van der Waals surface area contributed by atoms with E-state index in [1.54, 1.807) is 0 Å². The van der Waals surface area contributed by atoms with E-state index in [2.05, 4.69) is 196 Å². The summed E-state index contributed by atoms with van der Waals surface area (Å²) in [6, 6.07) is 67.1. The minimum atomic E-state index is -0.229. The second-order valence-electron chi connectivity index (χ2n) is 15.9. The maximum Gasteiger partial charge on any atom is 0.143 e. The van der Waals surface area contributed by atoms with Crippen LogP contribution in [0.5, 0.6) is 0 Å². The smallest absolute Gasteiger partial charge is 0.143 e. The number of benzene rings is 10. The van der Waals surface area contributed by atoms with Crippen LogP contribution in [0.1, 0.15) is 25.0 Å². The number of hydrogen-bond donors (Lipinski definition) is 0. The van der Waals surface area contributed by atoms with Crippen molar-refractivity contribution in [3.8, 4) is 44.5 Å². The standard InChI is InChI=1S/C55H36O/c1-55(2)49-31-25-35(32-48(49)45-29-30-47-46-26-24-34-16-6-7-17-37(34)53(46)56-54(47)52(45)55)50-40-20-10-12-22-42(40)51(43-23-13-11-21-41(43)50)44-28-27-36(33-14-4-3-5-15-33)38-18-8-9-19-39(38)44/h3-32H,1-2H3. The Hall–Kier alpha value is -6.96. The summed E-state index contributed by atoms with van der Waals surface area (Å²) in [5.41, 5.74) is 14.4. The second kappa shape index (κ2) is 11.5. The Balaban J connectivity index is 1.10. The average Bonchev–Trinajstić information content (AvgIpc) is 3.74. The molecule has 1 nitrogen and oxygen atoms in total. The number of rotatable bonds is 3. The van der Waals surface area contributed by atoms with Crippen molar-refractivity contribution in [2.75, 3.05) is 0 Å². The molecule has 0 bridgehead atoms. The monoisotopic (exact) mass is 712 g/mol. The second-order valence-corrected chi connectivity index (χ2v) is 15.9. The lowest BCUT2D eigenvalue weighted by molar-refractivity contribution is 0.621. The molecule has 0 saturated heterocycles. The molecule has 10 aromatic carbocycles. The highest BCUT2D eigenvalue weighted by Crippen LogP contribution is 2.55. The Morgan fingerprint density at radius 3 is 1.59 bits per heavy atom. The van der Waals surface area contributed by atoms with Crippen molar-refractivity contribution in [3.05, 3.63) is 193 Å². The number of furan rings is 1. The van der Waals surface area contributed by atoms with Crippen LogP contribution >= 0.6 is 0 Å². The lowest BCUT2D eigenvalue weighted by Gasteiger charge is -2.22. The van der Waals surface area contributed by atoms with E-state index in [9.17, 15) is 0 Å². The van der Waals surface area contributed by atoms with Crippen LogP contribution in [0.3, 0.4) is 0 Å². The van der Waals surface area contributed by atoms with Crippen molar-refractivity contribution in [1.29, 1.82) is 0 Å². The number of fused-ring (bicyclic) bond motifs is 12. The minimum absolute atomic E-state index is 0.229. The van der Waals surface area contributed by atoms with E-state index in [0.717, 1.165) is 16.6 Å². The Labute approximate surface area is 325 Å². The molecule has 12 rings (SSSR count). The van der Waals surface area contributed by atoms with Crippen molar-refractivity contribution in [1.82, 2.24) is 0 Å². The highest BCUT2D eigenvalue weighted by atomic mass is 16.3. The van der Waals surface area contributed by atoms with E-state index in [1.165, 1.54) is 104 Å². The normalized spacial score (nSPS) is 13.3. The van der Waals surface area contributed by atoms with Crippen molar-refractivity contribution in [2.24, 2.45) is 0 Å². The van der Waals surface area contributed by atoms with Gasteiger partial charge in [-0.05, 0) is 106 Å². The zero-order chi connectivity index (χ0) is 37.1. The summed E-state index contributed by atoms with van der Waals surface area (Å²) in [5.74, 6) is 0. The van der Waals surface area contributed by atoms with Crippen LogP contribution in [-0.2, 0) is 5.41 Å². The van der Waals surface area contributed by atoms with Crippen LogP contribution < -0.4 is 0 Å². The summed E-state index contributed by atoms with van der Waals surface area (Å²) in [7, 11) is 0. The third-order valence-electron chi connectivity index (χ3n) is 12.6. The summed E-state index contributed by atoms with van der Waals surface area (Å²) >= 11 is 0. The molecular formula is C55H36O. The van der Waals surface area contributed by atoms with Gasteiger partial charge in [-0.3, -0.25) is 0 Å². The van der Waals surface area contributed by atoms with Gasteiger partial charge in [-0.25, -0.2) is 0 Å². The maximum absolute atomic E-state index is 6.92. The maximum atomic E-state index is 6.92. The lowest BCUT2D eigenvalue weighted by Crippen LogP contribution is -2.15. The molecule has 1 aliphatic carbocycles. The molecule has 1 heterocycles. The summed E-state index contributed by atoms with van der Waals surface area (Å²) < 4.78 is 6.92. The topological polar surface area (TPSA) is 13.1 Å². The first-order valence-corrected chi connectivity index (χ1v) is 19.6. The molecule has 0 amide bonds. The van der Waals surface area contributed by atoms with Gasteiger partial charge in [-0.15, -0.1) is 0 Å². The largest absolute Gasteiger partial charge is 0.455 e. The quantitative estimate of drug-likeness (QED) is 0.166. The molecule has 1 aromatic heterocycles.